The van der Waals surface area contributed by atoms with E-state index in [-0.39, 0.29) is 17.5 Å². The molecule has 1 saturated carbocycles. The molecule has 180 valence electrons. The molecule has 5 rings (SSSR count). The molecule has 1 amide bonds. The van der Waals surface area contributed by atoms with Crippen LogP contribution >= 0.6 is 0 Å². The Hall–Kier alpha value is -3.21. The molecule has 8 nitrogen and oxygen atoms in total. The molecule has 1 aliphatic carbocycles. The van der Waals surface area contributed by atoms with Crippen molar-refractivity contribution in [1.29, 1.82) is 0 Å². The fourth-order valence-corrected chi connectivity index (χ4v) is 4.11. The average Bonchev–Trinajstić information content (AvgIpc) is 3.53. The number of hydrogen-bond donors (Lipinski definition) is 1. The van der Waals surface area contributed by atoms with Gasteiger partial charge in [0, 0.05) is 31.3 Å². The van der Waals surface area contributed by atoms with Crippen LogP contribution in [0, 0.1) is 11.8 Å². The van der Waals surface area contributed by atoms with E-state index in [1.807, 2.05) is 29.2 Å². The molecule has 11 heteroatoms. The molecule has 0 spiro atoms. The van der Waals surface area contributed by atoms with Crippen molar-refractivity contribution in [2.24, 2.45) is 11.8 Å². The first-order valence-corrected chi connectivity index (χ1v) is 11.4. The maximum Gasteiger partial charge on any atom is 0.453 e. The number of carbonyl (C=O) groups excluding carboxylic acids is 1. The molecule has 0 atom stereocenters. The number of carbonyl (C=O) groups is 1. The van der Waals surface area contributed by atoms with Gasteiger partial charge in [0.05, 0.1) is 6.61 Å². The fraction of sp³-hybridized carbons (Fsp3) is 0.478. The summed E-state index contributed by atoms with van der Waals surface area (Å²) in [5.74, 6) is -0.295. The highest BCUT2D eigenvalue weighted by Crippen LogP contribution is 2.30. The summed E-state index contributed by atoms with van der Waals surface area (Å²) in [6.07, 6.45) is -1.01. The highest BCUT2D eigenvalue weighted by molar-refractivity contribution is 5.92. The molecule has 1 aromatic carbocycles. The highest BCUT2D eigenvalue weighted by atomic mass is 19.4. The quantitative estimate of drug-likeness (QED) is 0.559. The van der Waals surface area contributed by atoms with Crippen molar-refractivity contribution in [3.05, 3.63) is 47.8 Å². The zero-order valence-corrected chi connectivity index (χ0v) is 18.5. The van der Waals surface area contributed by atoms with Crippen molar-refractivity contribution >= 4 is 23.1 Å². The summed E-state index contributed by atoms with van der Waals surface area (Å²) in [6.45, 7) is 2.33. The van der Waals surface area contributed by atoms with E-state index in [1.54, 1.807) is 6.07 Å². The molecule has 2 fully saturated rings. The predicted octanol–water partition coefficient (Wildman–Crippen LogP) is 3.92. The van der Waals surface area contributed by atoms with Crippen LogP contribution in [0.4, 0.5) is 24.7 Å². The van der Waals surface area contributed by atoms with Gasteiger partial charge in [0.25, 0.3) is 5.82 Å². The first-order valence-electron chi connectivity index (χ1n) is 11.4. The van der Waals surface area contributed by atoms with E-state index in [9.17, 15) is 18.0 Å². The van der Waals surface area contributed by atoms with E-state index in [4.69, 9.17) is 4.74 Å². The average molecular weight is 474 g/mol. The SMILES string of the molecule is O=C(Nc1cccc(COCC2CC2)c1)C1CCN(c2ccc3nnc(C(F)(F)F)n3n2)CC1. The minimum Gasteiger partial charge on any atom is -0.376 e. The topological polar surface area (TPSA) is 84.6 Å². The van der Waals surface area contributed by atoms with Gasteiger partial charge in [-0.15, -0.1) is 15.3 Å². The number of aromatic nitrogens is 4. The zero-order valence-electron chi connectivity index (χ0n) is 18.5. The molecule has 3 aromatic rings. The minimum atomic E-state index is -4.64. The number of benzene rings is 1. The summed E-state index contributed by atoms with van der Waals surface area (Å²) in [5, 5.41) is 13.8. The highest BCUT2D eigenvalue weighted by Gasteiger charge is 2.38. The predicted molar refractivity (Wildman–Crippen MR) is 118 cm³/mol. The summed E-state index contributed by atoms with van der Waals surface area (Å²) in [6, 6.07) is 10.7. The second kappa shape index (κ2) is 9.21. The fourth-order valence-electron chi connectivity index (χ4n) is 4.11. The summed E-state index contributed by atoms with van der Waals surface area (Å²) in [7, 11) is 0. The lowest BCUT2D eigenvalue weighted by Gasteiger charge is -2.32. The van der Waals surface area contributed by atoms with Crippen LogP contribution in [0.3, 0.4) is 0 Å². The van der Waals surface area contributed by atoms with Crippen molar-refractivity contribution in [1.82, 2.24) is 19.8 Å². The number of nitrogens with zero attached hydrogens (tertiary/aromatic N) is 5. The first-order chi connectivity index (χ1) is 16.4. The number of halogens is 3. The Morgan fingerprint density at radius 1 is 1.09 bits per heavy atom. The molecular weight excluding hydrogens is 449 g/mol. The van der Waals surface area contributed by atoms with Gasteiger partial charge in [0.2, 0.25) is 5.91 Å². The van der Waals surface area contributed by atoms with Crippen molar-refractivity contribution in [3.63, 3.8) is 0 Å². The van der Waals surface area contributed by atoms with E-state index in [1.165, 1.54) is 18.9 Å². The van der Waals surface area contributed by atoms with E-state index in [2.05, 4.69) is 20.6 Å². The molecule has 1 saturated heterocycles. The number of ether oxygens (including phenoxy) is 1. The van der Waals surface area contributed by atoms with Gasteiger partial charge in [0.15, 0.2) is 5.65 Å². The van der Waals surface area contributed by atoms with Gasteiger partial charge in [-0.2, -0.15) is 17.7 Å². The number of nitrogens with one attached hydrogen (secondary N) is 1. The largest absolute Gasteiger partial charge is 0.453 e. The number of anilines is 2. The number of fused-ring (bicyclic) bond motifs is 1. The lowest BCUT2D eigenvalue weighted by molar-refractivity contribution is -0.146. The maximum atomic E-state index is 13.1. The van der Waals surface area contributed by atoms with Crippen LogP contribution in [0.15, 0.2) is 36.4 Å². The second-order valence-corrected chi connectivity index (χ2v) is 8.89. The lowest BCUT2D eigenvalue weighted by atomic mass is 9.95. The first kappa shape index (κ1) is 22.6. The minimum absolute atomic E-state index is 0.0329. The molecule has 0 unspecified atom stereocenters. The normalized spacial score (nSPS) is 17.3. The van der Waals surface area contributed by atoms with E-state index in [0.717, 1.165) is 22.4 Å². The smallest absolute Gasteiger partial charge is 0.376 e. The molecular formula is C23H25F3N6O2. The van der Waals surface area contributed by atoms with Crippen LogP contribution < -0.4 is 10.2 Å². The van der Waals surface area contributed by atoms with Crippen LogP contribution in [-0.2, 0) is 22.3 Å². The monoisotopic (exact) mass is 474 g/mol. The van der Waals surface area contributed by atoms with Crippen LogP contribution in [0.25, 0.3) is 5.65 Å². The molecule has 0 bridgehead atoms. The van der Waals surface area contributed by atoms with E-state index in [0.29, 0.717) is 44.3 Å². The van der Waals surface area contributed by atoms with Crippen molar-refractivity contribution in [3.8, 4) is 0 Å². The molecule has 1 N–H and O–H groups in total. The number of alkyl halides is 3. The molecule has 1 aliphatic heterocycles. The summed E-state index contributed by atoms with van der Waals surface area (Å²) >= 11 is 0. The number of piperidine rings is 1. The number of rotatable bonds is 7. The van der Waals surface area contributed by atoms with Gasteiger partial charge in [-0.25, -0.2) is 0 Å². The second-order valence-electron chi connectivity index (χ2n) is 8.89. The Morgan fingerprint density at radius 3 is 2.62 bits per heavy atom. The van der Waals surface area contributed by atoms with E-state index < -0.39 is 12.0 Å². The standard InChI is InChI=1S/C23H25F3N6O2/c24-23(25,26)22-29-28-19-6-7-20(30-32(19)22)31-10-8-17(9-11-31)21(33)27-18-3-1-2-16(12-18)14-34-13-15-4-5-15/h1-3,6-7,12,15,17H,4-5,8-11,13-14H2,(H,27,33). The Bertz CT molecular complexity index is 1170. The van der Waals surface area contributed by atoms with Crippen LogP contribution in [-0.4, -0.2) is 45.4 Å². The third-order valence-corrected chi connectivity index (χ3v) is 6.21. The van der Waals surface area contributed by atoms with Crippen LogP contribution in [0.1, 0.15) is 37.1 Å². The molecule has 2 aromatic heterocycles. The van der Waals surface area contributed by atoms with Crippen molar-refractivity contribution < 1.29 is 22.7 Å². The van der Waals surface area contributed by atoms with Crippen molar-refractivity contribution in [2.45, 2.75) is 38.5 Å². The lowest BCUT2D eigenvalue weighted by Crippen LogP contribution is -2.38. The number of hydrogen-bond acceptors (Lipinski definition) is 6. The number of amides is 1. The third-order valence-electron chi connectivity index (χ3n) is 6.21. The summed E-state index contributed by atoms with van der Waals surface area (Å²) in [5.41, 5.74) is 1.78. The third kappa shape index (κ3) is 5.14. The van der Waals surface area contributed by atoms with Gasteiger partial charge in [-0.1, -0.05) is 12.1 Å². The van der Waals surface area contributed by atoms with E-state index >= 15 is 0 Å². The molecule has 34 heavy (non-hydrogen) atoms. The maximum absolute atomic E-state index is 13.1. The van der Waals surface area contributed by atoms with Gasteiger partial charge in [-0.3, -0.25) is 4.79 Å². The molecule has 2 aliphatic rings. The van der Waals surface area contributed by atoms with Crippen LogP contribution in [0.5, 0.6) is 0 Å². The summed E-state index contributed by atoms with van der Waals surface area (Å²) < 4.78 is 45.9. The van der Waals surface area contributed by atoms with Crippen LogP contribution in [0.2, 0.25) is 0 Å². The molecule has 0 radical (unpaired) electrons. The van der Waals surface area contributed by atoms with Crippen molar-refractivity contribution in [2.75, 3.05) is 29.9 Å². The molecule has 3 heterocycles. The van der Waals surface area contributed by atoms with Gasteiger partial charge in [-0.05, 0) is 61.4 Å². The Labute approximate surface area is 194 Å². The zero-order chi connectivity index (χ0) is 23.7. The summed E-state index contributed by atoms with van der Waals surface area (Å²) in [4.78, 5) is 14.7. The van der Waals surface area contributed by atoms with Gasteiger partial charge in [0.1, 0.15) is 5.82 Å². The Balaban J connectivity index is 1.17. The van der Waals surface area contributed by atoms with Gasteiger partial charge < -0.3 is 15.0 Å². The van der Waals surface area contributed by atoms with Gasteiger partial charge >= 0.3 is 6.18 Å². The Kier molecular flexibility index (Phi) is 6.11. The Morgan fingerprint density at radius 2 is 1.88 bits per heavy atom.